The Hall–Kier alpha value is -1.43. The van der Waals surface area contributed by atoms with Gasteiger partial charge in [0, 0.05) is 19.2 Å². The van der Waals surface area contributed by atoms with Gasteiger partial charge in [0.05, 0.1) is 24.7 Å². The van der Waals surface area contributed by atoms with E-state index >= 15 is 0 Å². The molecular weight excluding hydrogens is 294 g/mol. The molecule has 0 atom stereocenters. The summed E-state index contributed by atoms with van der Waals surface area (Å²) in [6.45, 7) is 0.971. The van der Waals surface area contributed by atoms with Gasteiger partial charge >= 0.3 is 0 Å². The highest BCUT2D eigenvalue weighted by molar-refractivity contribution is 7.89. The van der Waals surface area contributed by atoms with E-state index in [0.29, 0.717) is 18.8 Å². The van der Waals surface area contributed by atoms with Crippen LogP contribution in [-0.4, -0.2) is 53.6 Å². The van der Waals surface area contributed by atoms with Crippen molar-refractivity contribution in [1.29, 1.82) is 0 Å². The van der Waals surface area contributed by atoms with Gasteiger partial charge in [0.25, 0.3) is 0 Å². The molecular formula is C14H19NO5S. The smallest absolute Gasteiger partial charge is 0.241 e. The Morgan fingerprint density at radius 1 is 1.24 bits per heavy atom. The summed E-state index contributed by atoms with van der Waals surface area (Å²) in [7, 11) is -2.09. The van der Waals surface area contributed by atoms with Crippen LogP contribution in [0.2, 0.25) is 0 Å². The summed E-state index contributed by atoms with van der Waals surface area (Å²) in [5.41, 5.74) is 0.347. The number of sulfonamides is 1. The van der Waals surface area contributed by atoms with Crippen molar-refractivity contribution in [3.8, 4) is 11.8 Å². The Morgan fingerprint density at radius 2 is 2.00 bits per heavy atom. The summed E-state index contributed by atoms with van der Waals surface area (Å²) in [5.74, 6) is 5.06. The van der Waals surface area contributed by atoms with E-state index in [1.165, 1.54) is 6.07 Å². The monoisotopic (exact) mass is 313 g/mol. The molecule has 1 aromatic carbocycles. The van der Waals surface area contributed by atoms with Crippen molar-refractivity contribution in [1.82, 2.24) is 4.72 Å². The second-order valence-corrected chi connectivity index (χ2v) is 5.69. The zero-order valence-corrected chi connectivity index (χ0v) is 12.6. The van der Waals surface area contributed by atoms with Crippen LogP contribution in [0.15, 0.2) is 29.2 Å². The molecule has 0 bridgehead atoms. The van der Waals surface area contributed by atoms with Crippen molar-refractivity contribution in [2.75, 3.05) is 40.1 Å². The molecule has 0 spiro atoms. The molecule has 0 aliphatic heterocycles. The lowest BCUT2D eigenvalue weighted by atomic mass is 10.2. The van der Waals surface area contributed by atoms with Crippen molar-refractivity contribution in [3.05, 3.63) is 29.8 Å². The molecule has 6 nitrogen and oxygen atoms in total. The largest absolute Gasteiger partial charge is 0.384 e. The van der Waals surface area contributed by atoms with Gasteiger partial charge in [-0.2, -0.15) is 0 Å². The Labute approximate surface area is 125 Å². The highest BCUT2D eigenvalue weighted by atomic mass is 32.2. The molecule has 1 rings (SSSR count). The van der Waals surface area contributed by atoms with Crippen LogP contribution in [0.5, 0.6) is 0 Å². The van der Waals surface area contributed by atoms with Crippen LogP contribution >= 0.6 is 0 Å². The highest BCUT2D eigenvalue weighted by Gasteiger charge is 2.16. The molecule has 2 N–H and O–H groups in total. The first-order chi connectivity index (χ1) is 10.1. The van der Waals surface area contributed by atoms with Gasteiger partial charge in [0.15, 0.2) is 0 Å². The standard InChI is InChI=1S/C14H19NO5S/c1-19-11-12-20-10-8-15-21(17,18)14-7-3-2-5-13(14)6-4-9-16/h2-3,5,7,15-16H,8-12H2,1H3. The molecule has 21 heavy (non-hydrogen) atoms. The topological polar surface area (TPSA) is 84.9 Å². The molecule has 0 heterocycles. The highest BCUT2D eigenvalue weighted by Crippen LogP contribution is 2.13. The average molecular weight is 313 g/mol. The van der Waals surface area contributed by atoms with E-state index in [0.717, 1.165) is 0 Å². The Balaban J connectivity index is 2.66. The summed E-state index contributed by atoms with van der Waals surface area (Å²) in [5, 5.41) is 8.70. The number of methoxy groups -OCH3 is 1. The summed E-state index contributed by atoms with van der Waals surface area (Å²) in [6, 6.07) is 6.36. The summed E-state index contributed by atoms with van der Waals surface area (Å²) < 4.78 is 36.8. The molecule has 116 valence electrons. The van der Waals surface area contributed by atoms with Crippen LogP contribution in [0.4, 0.5) is 0 Å². The molecule has 0 aliphatic carbocycles. The van der Waals surface area contributed by atoms with Crippen LogP contribution in [0, 0.1) is 11.8 Å². The average Bonchev–Trinajstić information content (AvgIpc) is 2.49. The van der Waals surface area contributed by atoms with E-state index in [1.54, 1.807) is 25.3 Å². The second kappa shape index (κ2) is 9.50. The van der Waals surface area contributed by atoms with Crippen molar-refractivity contribution >= 4 is 10.0 Å². The lowest BCUT2D eigenvalue weighted by Gasteiger charge is -2.09. The molecule has 0 aromatic heterocycles. The number of aliphatic hydroxyl groups is 1. The van der Waals surface area contributed by atoms with Gasteiger partial charge in [0.2, 0.25) is 10.0 Å². The van der Waals surface area contributed by atoms with E-state index in [4.69, 9.17) is 14.6 Å². The lowest BCUT2D eigenvalue weighted by Crippen LogP contribution is -2.28. The zero-order valence-electron chi connectivity index (χ0n) is 11.8. The first kappa shape index (κ1) is 17.6. The van der Waals surface area contributed by atoms with E-state index in [-0.39, 0.29) is 24.7 Å². The van der Waals surface area contributed by atoms with E-state index < -0.39 is 10.0 Å². The number of nitrogens with one attached hydrogen (secondary N) is 1. The Kier molecular flexibility index (Phi) is 7.97. The fourth-order valence-corrected chi connectivity index (χ4v) is 2.68. The molecule has 0 saturated carbocycles. The zero-order chi connectivity index (χ0) is 15.6. The minimum absolute atomic E-state index is 0.0860. The quantitative estimate of drug-likeness (QED) is 0.520. The van der Waals surface area contributed by atoms with Crippen molar-refractivity contribution in [2.24, 2.45) is 0 Å². The molecule has 0 unspecified atom stereocenters. The van der Waals surface area contributed by atoms with E-state index in [2.05, 4.69) is 16.6 Å². The van der Waals surface area contributed by atoms with Crippen LogP contribution in [-0.2, 0) is 19.5 Å². The fraction of sp³-hybridized carbons (Fsp3) is 0.429. The van der Waals surface area contributed by atoms with Crippen LogP contribution in [0.1, 0.15) is 5.56 Å². The van der Waals surface area contributed by atoms with Crippen LogP contribution in [0.25, 0.3) is 0 Å². The number of ether oxygens (including phenoxy) is 2. The van der Waals surface area contributed by atoms with Crippen molar-refractivity contribution < 1.29 is 23.0 Å². The molecule has 0 radical (unpaired) electrons. The van der Waals surface area contributed by atoms with E-state index in [1.807, 2.05) is 0 Å². The maximum Gasteiger partial charge on any atom is 0.241 e. The fourth-order valence-electron chi connectivity index (χ4n) is 1.51. The molecule has 7 heteroatoms. The third kappa shape index (κ3) is 6.25. The van der Waals surface area contributed by atoms with Crippen molar-refractivity contribution in [3.63, 3.8) is 0 Å². The number of hydrogen-bond acceptors (Lipinski definition) is 5. The maximum atomic E-state index is 12.2. The minimum Gasteiger partial charge on any atom is -0.384 e. The predicted octanol–water partition coefficient (Wildman–Crippen LogP) is -0.0283. The first-order valence-electron chi connectivity index (χ1n) is 6.37. The molecule has 1 aromatic rings. The van der Waals surface area contributed by atoms with Gasteiger partial charge < -0.3 is 14.6 Å². The van der Waals surface area contributed by atoms with Gasteiger partial charge in [-0.05, 0) is 12.1 Å². The van der Waals surface area contributed by atoms with E-state index in [9.17, 15) is 8.42 Å². The molecule has 0 fully saturated rings. The number of hydrogen-bond donors (Lipinski definition) is 2. The van der Waals surface area contributed by atoms with Crippen LogP contribution in [0.3, 0.4) is 0 Å². The first-order valence-corrected chi connectivity index (χ1v) is 7.85. The van der Waals surface area contributed by atoms with Crippen molar-refractivity contribution in [2.45, 2.75) is 4.90 Å². The summed E-state index contributed by atoms with van der Waals surface area (Å²) in [6.07, 6.45) is 0. The summed E-state index contributed by atoms with van der Waals surface area (Å²) in [4.78, 5) is 0.0860. The number of aliphatic hydroxyl groups excluding tert-OH is 1. The Bertz CT molecular complexity index is 589. The van der Waals surface area contributed by atoms with Gasteiger partial charge in [0.1, 0.15) is 6.61 Å². The molecule has 0 aliphatic rings. The van der Waals surface area contributed by atoms with Crippen LogP contribution < -0.4 is 4.72 Å². The van der Waals surface area contributed by atoms with Gasteiger partial charge in [-0.3, -0.25) is 0 Å². The summed E-state index contributed by atoms with van der Waals surface area (Å²) >= 11 is 0. The molecule has 0 saturated heterocycles. The third-order valence-corrected chi connectivity index (χ3v) is 3.97. The SMILES string of the molecule is COCCOCCNS(=O)(=O)c1ccccc1C#CCO. The third-order valence-electron chi connectivity index (χ3n) is 2.45. The number of rotatable bonds is 8. The van der Waals surface area contributed by atoms with Gasteiger partial charge in [-0.1, -0.05) is 24.0 Å². The molecule has 0 amide bonds. The maximum absolute atomic E-state index is 12.2. The number of benzene rings is 1. The normalized spacial score (nSPS) is 11.0. The second-order valence-electron chi connectivity index (χ2n) is 3.96. The minimum atomic E-state index is -3.66. The predicted molar refractivity (Wildman–Crippen MR) is 78.3 cm³/mol. The van der Waals surface area contributed by atoms with Gasteiger partial charge in [-0.25, -0.2) is 13.1 Å². The van der Waals surface area contributed by atoms with Gasteiger partial charge in [-0.15, -0.1) is 0 Å². The Morgan fingerprint density at radius 3 is 2.71 bits per heavy atom. The lowest BCUT2D eigenvalue weighted by molar-refractivity contribution is 0.0736.